The van der Waals surface area contributed by atoms with Crippen LogP contribution in [0, 0.1) is 58.7 Å². The van der Waals surface area contributed by atoms with Gasteiger partial charge in [-0.15, -0.1) is 6.42 Å². The summed E-state index contributed by atoms with van der Waals surface area (Å²) >= 11 is 0. The molecule has 3 fully saturated rings. The second kappa shape index (κ2) is 9.25. The molecule has 31 heavy (non-hydrogen) atoms. The Labute approximate surface area is 193 Å². The number of hydrogen-bond acceptors (Lipinski definition) is 1. The van der Waals surface area contributed by atoms with Crippen molar-refractivity contribution in [2.75, 3.05) is 6.61 Å². The highest BCUT2D eigenvalue weighted by Gasteiger charge is 2.59. The van der Waals surface area contributed by atoms with Crippen LogP contribution in [0.5, 0.6) is 0 Å². The molecule has 0 heterocycles. The number of terminal acetylenes is 1. The van der Waals surface area contributed by atoms with Crippen molar-refractivity contribution in [1.82, 2.24) is 0 Å². The molecule has 1 unspecified atom stereocenters. The molecule has 1 heteroatoms. The van der Waals surface area contributed by atoms with Gasteiger partial charge in [0.1, 0.15) is 6.61 Å². The van der Waals surface area contributed by atoms with E-state index in [1.807, 2.05) is 0 Å². The van der Waals surface area contributed by atoms with Crippen molar-refractivity contribution >= 4 is 0 Å². The van der Waals surface area contributed by atoms with E-state index in [0.29, 0.717) is 23.5 Å². The number of fused-ring (bicyclic) bond motifs is 5. The lowest BCUT2D eigenvalue weighted by molar-refractivity contribution is -0.0618. The first-order valence-corrected chi connectivity index (χ1v) is 13.5. The number of ether oxygens (including phenoxy) is 1. The molecule has 4 rings (SSSR count). The molecule has 0 aliphatic heterocycles. The van der Waals surface area contributed by atoms with Crippen molar-refractivity contribution in [3.63, 3.8) is 0 Å². The summed E-state index contributed by atoms with van der Waals surface area (Å²) in [4.78, 5) is 0. The van der Waals surface area contributed by atoms with Gasteiger partial charge >= 0.3 is 0 Å². The maximum Gasteiger partial charge on any atom is 0.107 e. The van der Waals surface area contributed by atoms with Gasteiger partial charge in [0, 0.05) is 0 Å². The molecular weight excluding hydrogens is 376 g/mol. The summed E-state index contributed by atoms with van der Waals surface area (Å²) in [5, 5.41) is 0. The van der Waals surface area contributed by atoms with Gasteiger partial charge in [-0.2, -0.15) is 0 Å². The van der Waals surface area contributed by atoms with E-state index < -0.39 is 0 Å². The molecule has 0 aromatic carbocycles. The molecule has 174 valence electrons. The molecule has 0 spiro atoms. The average molecular weight is 425 g/mol. The molecule has 8 atom stereocenters. The normalized spacial score (nSPS) is 42.9. The fourth-order valence-corrected chi connectivity index (χ4v) is 8.96. The molecule has 0 amide bonds. The van der Waals surface area contributed by atoms with E-state index in [1.54, 1.807) is 5.57 Å². The van der Waals surface area contributed by atoms with Crippen LogP contribution >= 0.6 is 0 Å². The number of rotatable bonds is 7. The Balaban J connectivity index is 1.46. The lowest BCUT2D eigenvalue weighted by atomic mass is 9.47. The maximum atomic E-state index is 5.96. The monoisotopic (exact) mass is 424 g/mol. The molecule has 0 radical (unpaired) electrons. The molecule has 0 N–H and O–H groups in total. The minimum atomic E-state index is 0.350. The minimum Gasteiger partial charge on any atom is -0.365 e. The highest BCUT2D eigenvalue weighted by Crippen LogP contribution is 2.67. The number of allylic oxidation sites excluding steroid dienone is 1. The Kier molecular flexibility index (Phi) is 6.99. The van der Waals surface area contributed by atoms with E-state index in [2.05, 4.69) is 46.6 Å². The van der Waals surface area contributed by atoms with Crippen molar-refractivity contribution in [2.45, 2.75) is 111 Å². The van der Waals surface area contributed by atoms with Crippen LogP contribution in [0.2, 0.25) is 0 Å². The van der Waals surface area contributed by atoms with E-state index in [-0.39, 0.29) is 0 Å². The quantitative estimate of drug-likeness (QED) is 0.297. The summed E-state index contributed by atoms with van der Waals surface area (Å²) < 4.78 is 5.96. The van der Waals surface area contributed by atoms with Crippen molar-refractivity contribution < 1.29 is 4.74 Å². The van der Waals surface area contributed by atoms with E-state index in [9.17, 15) is 0 Å². The van der Waals surface area contributed by atoms with Gasteiger partial charge < -0.3 is 4.74 Å². The summed E-state index contributed by atoms with van der Waals surface area (Å²) in [6.07, 6.45) is 23.6. The molecule has 4 aliphatic carbocycles. The first-order chi connectivity index (χ1) is 14.8. The summed E-state index contributed by atoms with van der Waals surface area (Å²) in [6.45, 7) is 13.1. The van der Waals surface area contributed by atoms with Gasteiger partial charge in [-0.3, -0.25) is 0 Å². The van der Waals surface area contributed by atoms with Gasteiger partial charge in [-0.1, -0.05) is 71.5 Å². The topological polar surface area (TPSA) is 9.23 Å². The smallest absolute Gasteiger partial charge is 0.107 e. The zero-order chi connectivity index (χ0) is 22.2. The zero-order valence-corrected chi connectivity index (χ0v) is 21.1. The van der Waals surface area contributed by atoms with Crippen molar-refractivity contribution in [3.05, 3.63) is 11.6 Å². The van der Waals surface area contributed by atoms with Crippen LogP contribution < -0.4 is 0 Å². The van der Waals surface area contributed by atoms with Crippen LogP contribution in [0.15, 0.2) is 11.6 Å². The summed E-state index contributed by atoms with van der Waals surface area (Å²) in [5.41, 5.74) is 2.72. The van der Waals surface area contributed by atoms with E-state index in [4.69, 9.17) is 11.2 Å². The maximum absolute atomic E-state index is 5.96. The zero-order valence-electron chi connectivity index (χ0n) is 21.1. The predicted octanol–water partition coefficient (Wildman–Crippen LogP) is 8.05. The van der Waals surface area contributed by atoms with Gasteiger partial charge in [0.05, 0.1) is 6.10 Å². The molecule has 3 saturated carbocycles. The fraction of sp³-hybridized carbons (Fsp3) is 0.867. The molecule has 0 aromatic heterocycles. The predicted molar refractivity (Wildman–Crippen MR) is 132 cm³/mol. The lowest BCUT2D eigenvalue weighted by Gasteiger charge is -2.58. The standard InChI is InChI=1S/C30H48O/c1-7-19-31-24-15-17-29(5)23(20-24)11-12-25-27-14-13-26(22(4)10-8-9-21(2)3)30(27,6)18-16-28(25)29/h1,11,21-22,24-28H,8-10,12-20H2,2-6H3/t22-,24?,25+,26-,27+,28+,29+,30-/m1/s1. The first-order valence-electron chi connectivity index (χ1n) is 13.5. The SMILES string of the molecule is C#CCOC1CC[C@@]2(C)C(=CC[C@H]3[C@@H]4CC[C@H]([C@H](C)CCCC(C)C)[C@@]4(C)CC[C@@H]32)C1. The van der Waals surface area contributed by atoms with Gasteiger partial charge in [0.15, 0.2) is 0 Å². The Morgan fingerprint density at radius 1 is 1.06 bits per heavy atom. The average Bonchev–Trinajstić information content (AvgIpc) is 3.09. The van der Waals surface area contributed by atoms with Crippen LogP contribution in [0.3, 0.4) is 0 Å². The highest BCUT2D eigenvalue weighted by atomic mass is 16.5. The summed E-state index contributed by atoms with van der Waals surface area (Å²) in [5.74, 6) is 8.14. The van der Waals surface area contributed by atoms with Crippen molar-refractivity contribution in [1.29, 1.82) is 0 Å². The number of hydrogen-bond donors (Lipinski definition) is 0. The van der Waals surface area contributed by atoms with Crippen molar-refractivity contribution in [2.24, 2.45) is 46.3 Å². The van der Waals surface area contributed by atoms with Crippen molar-refractivity contribution in [3.8, 4) is 12.3 Å². The third kappa shape index (κ3) is 4.28. The van der Waals surface area contributed by atoms with E-state index in [1.165, 1.54) is 64.2 Å². The second-order valence-electron chi connectivity index (χ2n) is 12.7. The third-order valence-electron chi connectivity index (χ3n) is 10.7. The largest absolute Gasteiger partial charge is 0.365 e. The molecular formula is C30H48O. The van der Waals surface area contributed by atoms with Crippen LogP contribution in [-0.4, -0.2) is 12.7 Å². The fourth-order valence-electron chi connectivity index (χ4n) is 8.96. The Bertz CT molecular complexity index is 698. The molecule has 4 aliphatic rings. The first kappa shape index (κ1) is 23.4. The molecule has 0 saturated heterocycles. The van der Waals surface area contributed by atoms with Gasteiger partial charge in [0.25, 0.3) is 0 Å². The summed E-state index contributed by atoms with van der Waals surface area (Å²) in [7, 11) is 0. The molecule has 0 bridgehead atoms. The third-order valence-corrected chi connectivity index (χ3v) is 10.7. The highest BCUT2D eigenvalue weighted by molar-refractivity contribution is 5.25. The summed E-state index contributed by atoms with van der Waals surface area (Å²) in [6, 6.07) is 0. The Morgan fingerprint density at radius 3 is 2.61 bits per heavy atom. The van der Waals surface area contributed by atoms with Crippen LogP contribution in [-0.2, 0) is 4.74 Å². The minimum absolute atomic E-state index is 0.350. The molecule has 1 nitrogen and oxygen atoms in total. The Hall–Kier alpha value is -0.740. The van der Waals surface area contributed by atoms with E-state index >= 15 is 0 Å². The van der Waals surface area contributed by atoms with Gasteiger partial charge in [-0.25, -0.2) is 0 Å². The van der Waals surface area contributed by atoms with E-state index in [0.717, 1.165) is 41.9 Å². The molecule has 0 aromatic rings. The van der Waals surface area contributed by atoms with Crippen LogP contribution in [0.4, 0.5) is 0 Å². The van der Waals surface area contributed by atoms with Gasteiger partial charge in [-0.05, 0) is 97.7 Å². The van der Waals surface area contributed by atoms with Gasteiger partial charge in [0.2, 0.25) is 0 Å². The van der Waals surface area contributed by atoms with Crippen LogP contribution in [0.1, 0.15) is 105 Å². The lowest BCUT2D eigenvalue weighted by Crippen LogP contribution is -2.51. The second-order valence-corrected chi connectivity index (χ2v) is 12.7. The van der Waals surface area contributed by atoms with Crippen LogP contribution in [0.25, 0.3) is 0 Å². The Morgan fingerprint density at radius 2 is 1.87 bits per heavy atom.